The van der Waals surface area contributed by atoms with E-state index in [-0.39, 0.29) is 17.0 Å². The van der Waals surface area contributed by atoms with E-state index < -0.39 is 15.9 Å². The van der Waals surface area contributed by atoms with Gasteiger partial charge in [0, 0.05) is 20.6 Å². The minimum atomic E-state index is -3.94. The van der Waals surface area contributed by atoms with E-state index in [1.54, 1.807) is 67.7 Å². The summed E-state index contributed by atoms with van der Waals surface area (Å²) in [5, 5.41) is 0.817. The van der Waals surface area contributed by atoms with Crippen LogP contribution in [0.4, 0.5) is 5.69 Å². The quantitative estimate of drug-likeness (QED) is 0.512. The van der Waals surface area contributed by atoms with E-state index in [4.69, 9.17) is 23.2 Å². The summed E-state index contributed by atoms with van der Waals surface area (Å²) in [6.45, 7) is 0.249. The fourth-order valence-electron chi connectivity index (χ4n) is 2.98. The number of para-hydroxylation sites is 1. The highest BCUT2D eigenvalue weighted by atomic mass is 35.5. The maximum atomic E-state index is 13.2. The lowest BCUT2D eigenvalue weighted by Crippen LogP contribution is -2.31. The molecule has 0 bridgehead atoms. The normalized spacial score (nSPS) is 11.2. The van der Waals surface area contributed by atoms with E-state index >= 15 is 0 Å². The van der Waals surface area contributed by atoms with E-state index in [0.717, 1.165) is 9.87 Å². The molecule has 3 rings (SSSR count). The molecular formula is C22H20Cl2N2O3S. The SMILES string of the molecule is CN(Cc1ccc(Cl)c(Cl)c1)C(=O)c1ccccc1S(=O)(=O)N(C)c1ccccc1. The van der Waals surface area contributed by atoms with Crippen LogP contribution in [0.2, 0.25) is 10.0 Å². The van der Waals surface area contributed by atoms with Crippen molar-refractivity contribution in [1.82, 2.24) is 4.90 Å². The van der Waals surface area contributed by atoms with Crippen LogP contribution in [0.25, 0.3) is 0 Å². The molecule has 3 aromatic carbocycles. The van der Waals surface area contributed by atoms with Gasteiger partial charge in [-0.15, -0.1) is 0 Å². The Morgan fingerprint density at radius 1 is 0.867 bits per heavy atom. The summed E-state index contributed by atoms with van der Waals surface area (Å²) in [7, 11) is -0.869. The van der Waals surface area contributed by atoms with Crippen LogP contribution in [-0.4, -0.2) is 33.3 Å². The molecule has 30 heavy (non-hydrogen) atoms. The van der Waals surface area contributed by atoms with Gasteiger partial charge in [-0.3, -0.25) is 9.10 Å². The third-order valence-electron chi connectivity index (χ3n) is 4.63. The third-order valence-corrected chi connectivity index (χ3v) is 7.21. The largest absolute Gasteiger partial charge is 0.337 e. The number of anilines is 1. The maximum Gasteiger partial charge on any atom is 0.264 e. The summed E-state index contributed by atoms with van der Waals surface area (Å²) < 4.78 is 27.7. The van der Waals surface area contributed by atoms with E-state index in [1.165, 1.54) is 24.1 Å². The zero-order chi connectivity index (χ0) is 21.9. The minimum absolute atomic E-state index is 0.0534. The summed E-state index contributed by atoms with van der Waals surface area (Å²) in [5.74, 6) is -0.415. The number of sulfonamides is 1. The molecule has 0 unspecified atom stereocenters. The Morgan fingerprint density at radius 3 is 2.17 bits per heavy atom. The van der Waals surface area contributed by atoms with Gasteiger partial charge in [-0.05, 0) is 42.0 Å². The molecule has 0 aromatic heterocycles. The lowest BCUT2D eigenvalue weighted by Gasteiger charge is -2.23. The van der Waals surface area contributed by atoms with Crippen LogP contribution in [0.15, 0.2) is 77.7 Å². The van der Waals surface area contributed by atoms with Crippen LogP contribution in [0.1, 0.15) is 15.9 Å². The van der Waals surface area contributed by atoms with Crippen molar-refractivity contribution in [2.45, 2.75) is 11.4 Å². The molecular weight excluding hydrogens is 443 g/mol. The van der Waals surface area contributed by atoms with Gasteiger partial charge in [0.05, 0.1) is 21.3 Å². The number of nitrogens with zero attached hydrogens (tertiary/aromatic N) is 2. The lowest BCUT2D eigenvalue weighted by atomic mass is 10.1. The van der Waals surface area contributed by atoms with E-state index in [9.17, 15) is 13.2 Å². The highest BCUT2D eigenvalue weighted by Crippen LogP contribution is 2.26. The van der Waals surface area contributed by atoms with Gasteiger partial charge in [0.1, 0.15) is 4.90 Å². The molecule has 0 saturated heterocycles. The topological polar surface area (TPSA) is 57.7 Å². The Labute approximate surface area is 186 Å². The number of amides is 1. The molecule has 0 atom stereocenters. The molecule has 0 N–H and O–H groups in total. The first kappa shape index (κ1) is 22.2. The molecule has 0 aliphatic carbocycles. The zero-order valence-corrected chi connectivity index (χ0v) is 18.7. The summed E-state index contributed by atoms with van der Waals surface area (Å²) in [6.07, 6.45) is 0. The number of carbonyl (C=O) groups is 1. The van der Waals surface area contributed by atoms with E-state index in [0.29, 0.717) is 15.7 Å². The van der Waals surface area contributed by atoms with Gasteiger partial charge in [0.2, 0.25) is 0 Å². The first-order valence-corrected chi connectivity index (χ1v) is 11.2. The van der Waals surface area contributed by atoms with Crippen LogP contribution < -0.4 is 4.31 Å². The molecule has 156 valence electrons. The van der Waals surface area contributed by atoms with Gasteiger partial charge in [-0.2, -0.15) is 0 Å². The summed E-state index contributed by atoms with van der Waals surface area (Å²) >= 11 is 12.0. The fraction of sp³-hybridized carbons (Fsp3) is 0.136. The summed E-state index contributed by atoms with van der Waals surface area (Å²) in [5.41, 5.74) is 1.38. The number of rotatable bonds is 6. The van der Waals surface area contributed by atoms with Crippen LogP contribution in [0, 0.1) is 0 Å². The average molecular weight is 463 g/mol. The Hall–Kier alpha value is -2.54. The lowest BCUT2D eigenvalue weighted by molar-refractivity contribution is 0.0781. The number of hydrogen-bond acceptors (Lipinski definition) is 3. The smallest absolute Gasteiger partial charge is 0.264 e. The van der Waals surface area contributed by atoms with Crippen molar-refractivity contribution >= 4 is 44.8 Å². The number of halogens is 2. The Balaban J connectivity index is 1.92. The van der Waals surface area contributed by atoms with Gasteiger partial charge in [-0.25, -0.2) is 8.42 Å². The van der Waals surface area contributed by atoms with Crippen LogP contribution in [0.5, 0.6) is 0 Å². The molecule has 0 radical (unpaired) electrons. The van der Waals surface area contributed by atoms with Gasteiger partial charge >= 0.3 is 0 Å². The van der Waals surface area contributed by atoms with Crippen molar-refractivity contribution in [3.8, 4) is 0 Å². The molecule has 0 aliphatic heterocycles. The van der Waals surface area contributed by atoms with Crippen molar-refractivity contribution in [1.29, 1.82) is 0 Å². The maximum absolute atomic E-state index is 13.2. The van der Waals surface area contributed by atoms with Gasteiger partial charge in [-0.1, -0.05) is 59.6 Å². The van der Waals surface area contributed by atoms with Crippen molar-refractivity contribution in [2.75, 3.05) is 18.4 Å². The standard InChI is InChI=1S/C22H20Cl2N2O3S/c1-25(15-16-12-13-19(23)20(24)14-16)22(27)18-10-6-7-11-21(18)30(28,29)26(2)17-8-4-3-5-9-17/h3-14H,15H2,1-2H3. The second-order valence-electron chi connectivity index (χ2n) is 6.71. The second-order valence-corrected chi connectivity index (χ2v) is 9.47. The first-order chi connectivity index (χ1) is 14.2. The van der Waals surface area contributed by atoms with Crippen LogP contribution in [0.3, 0.4) is 0 Å². The molecule has 0 heterocycles. The van der Waals surface area contributed by atoms with Gasteiger partial charge in [0.25, 0.3) is 15.9 Å². The van der Waals surface area contributed by atoms with Crippen molar-refractivity contribution in [2.24, 2.45) is 0 Å². The molecule has 8 heteroatoms. The molecule has 0 spiro atoms. The minimum Gasteiger partial charge on any atom is -0.337 e. The highest BCUT2D eigenvalue weighted by molar-refractivity contribution is 7.92. The predicted molar refractivity (Wildman–Crippen MR) is 121 cm³/mol. The Morgan fingerprint density at radius 2 is 1.50 bits per heavy atom. The molecule has 0 fully saturated rings. The Kier molecular flexibility index (Phi) is 6.71. The van der Waals surface area contributed by atoms with Crippen molar-refractivity contribution in [3.05, 3.63) is 94.0 Å². The third kappa shape index (κ3) is 4.61. The van der Waals surface area contributed by atoms with Crippen molar-refractivity contribution < 1.29 is 13.2 Å². The van der Waals surface area contributed by atoms with Crippen LogP contribution in [-0.2, 0) is 16.6 Å². The van der Waals surface area contributed by atoms with Crippen molar-refractivity contribution in [3.63, 3.8) is 0 Å². The van der Waals surface area contributed by atoms with Gasteiger partial charge in [0.15, 0.2) is 0 Å². The molecule has 5 nitrogen and oxygen atoms in total. The van der Waals surface area contributed by atoms with Gasteiger partial charge < -0.3 is 4.90 Å². The second kappa shape index (κ2) is 9.08. The molecule has 3 aromatic rings. The predicted octanol–water partition coefficient (Wildman–Crippen LogP) is 5.09. The summed E-state index contributed by atoms with van der Waals surface area (Å²) in [6, 6.07) is 20.0. The number of hydrogen-bond donors (Lipinski definition) is 0. The van der Waals surface area contributed by atoms with Crippen LogP contribution >= 0.6 is 23.2 Å². The molecule has 1 amide bonds. The highest BCUT2D eigenvalue weighted by Gasteiger charge is 2.28. The molecule has 0 aliphatic rings. The zero-order valence-electron chi connectivity index (χ0n) is 16.4. The fourth-order valence-corrected chi connectivity index (χ4v) is 4.68. The molecule has 0 saturated carbocycles. The monoisotopic (exact) mass is 462 g/mol. The van der Waals surface area contributed by atoms with E-state index in [1.807, 2.05) is 0 Å². The summed E-state index contributed by atoms with van der Waals surface area (Å²) in [4.78, 5) is 14.5. The number of carbonyl (C=O) groups excluding carboxylic acids is 1. The first-order valence-electron chi connectivity index (χ1n) is 9.04. The average Bonchev–Trinajstić information content (AvgIpc) is 2.75. The van der Waals surface area contributed by atoms with E-state index in [2.05, 4.69) is 0 Å². The number of benzene rings is 3. The Bertz CT molecular complexity index is 1170.